The second kappa shape index (κ2) is 4.79. The summed E-state index contributed by atoms with van der Waals surface area (Å²) in [4.78, 5) is 0. The van der Waals surface area contributed by atoms with Crippen LogP contribution in [-0.2, 0) is 6.54 Å². The van der Waals surface area contributed by atoms with Gasteiger partial charge in [0.15, 0.2) is 5.82 Å². The molecule has 0 saturated heterocycles. The molecule has 0 aliphatic rings. The van der Waals surface area contributed by atoms with Crippen LogP contribution in [0.4, 0.5) is 0 Å². The Kier molecular flexibility index (Phi) is 3.20. The molecule has 0 fully saturated rings. The van der Waals surface area contributed by atoms with Gasteiger partial charge in [-0.25, -0.2) is 4.68 Å². The van der Waals surface area contributed by atoms with Gasteiger partial charge in [0, 0.05) is 5.56 Å². The van der Waals surface area contributed by atoms with Gasteiger partial charge in [-0.05, 0) is 21.9 Å². The first-order valence-corrected chi connectivity index (χ1v) is 5.52. The first-order chi connectivity index (χ1) is 8.22. The number of hydrogen-bond acceptors (Lipinski definition) is 3. The Labute approximate surface area is 101 Å². The molecule has 1 aromatic heterocycles. The number of rotatable bonds is 3. The standard InChI is InChI=1S/C13H14N4/c1-4-9-17-13(14-15-16-17)12-7-5-11(6-8-12)10(2)3/h1,5-8,10H,9H2,2-3H3. The van der Waals surface area contributed by atoms with E-state index in [2.05, 4.69) is 47.4 Å². The zero-order chi connectivity index (χ0) is 12.3. The van der Waals surface area contributed by atoms with E-state index in [1.165, 1.54) is 5.56 Å². The summed E-state index contributed by atoms with van der Waals surface area (Å²) < 4.78 is 1.62. The van der Waals surface area contributed by atoms with Crippen molar-refractivity contribution in [3.8, 4) is 23.7 Å². The SMILES string of the molecule is C#CCn1nnnc1-c1ccc(C(C)C)cc1. The van der Waals surface area contributed by atoms with Crippen molar-refractivity contribution < 1.29 is 0 Å². The van der Waals surface area contributed by atoms with Crippen LogP contribution in [-0.4, -0.2) is 20.2 Å². The lowest BCUT2D eigenvalue weighted by molar-refractivity contribution is 0.675. The van der Waals surface area contributed by atoms with Crippen LogP contribution in [0.15, 0.2) is 24.3 Å². The van der Waals surface area contributed by atoms with Gasteiger partial charge in [-0.15, -0.1) is 11.5 Å². The van der Waals surface area contributed by atoms with Crippen LogP contribution in [0.2, 0.25) is 0 Å². The van der Waals surface area contributed by atoms with Crippen molar-refractivity contribution in [3.63, 3.8) is 0 Å². The first-order valence-electron chi connectivity index (χ1n) is 5.52. The average molecular weight is 226 g/mol. The minimum absolute atomic E-state index is 0.383. The van der Waals surface area contributed by atoms with Crippen LogP contribution >= 0.6 is 0 Å². The van der Waals surface area contributed by atoms with E-state index >= 15 is 0 Å². The van der Waals surface area contributed by atoms with Crippen LogP contribution in [0.5, 0.6) is 0 Å². The lowest BCUT2D eigenvalue weighted by Gasteiger charge is -2.06. The molecule has 0 bridgehead atoms. The summed E-state index contributed by atoms with van der Waals surface area (Å²) in [6.45, 7) is 4.71. The number of hydrogen-bond donors (Lipinski definition) is 0. The van der Waals surface area contributed by atoms with Crippen molar-refractivity contribution in [2.45, 2.75) is 26.3 Å². The molecule has 0 unspecified atom stereocenters. The van der Waals surface area contributed by atoms with Gasteiger partial charge in [-0.2, -0.15) is 0 Å². The lowest BCUT2D eigenvalue weighted by Crippen LogP contribution is -2.01. The molecular formula is C13H14N4. The lowest BCUT2D eigenvalue weighted by atomic mass is 10.0. The van der Waals surface area contributed by atoms with E-state index in [4.69, 9.17) is 6.42 Å². The smallest absolute Gasteiger partial charge is 0.182 e. The summed E-state index contributed by atoms with van der Waals surface area (Å²) in [5.74, 6) is 3.76. The molecule has 0 saturated carbocycles. The number of nitrogens with zero attached hydrogens (tertiary/aromatic N) is 4. The van der Waals surface area contributed by atoms with Gasteiger partial charge < -0.3 is 0 Å². The number of benzene rings is 1. The van der Waals surface area contributed by atoms with E-state index < -0.39 is 0 Å². The molecule has 2 aromatic rings. The molecule has 0 N–H and O–H groups in total. The van der Waals surface area contributed by atoms with E-state index in [9.17, 15) is 0 Å². The molecule has 0 amide bonds. The van der Waals surface area contributed by atoms with Gasteiger partial charge >= 0.3 is 0 Å². The van der Waals surface area contributed by atoms with Gasteiger partial charge in [-0.1, -0.05) is 44.0 Å². The maximum atomic E-state index is 5.26. The molecule has 0 aliphatic heterocycles. The van der Waals surface area contributed by atoms with E-state index in [-0.39, 0.29) is 0 Å². The summed E-state index contributed by atoms with van der Waals surface area (Å²) in [7, 11) is 0. The summed E-state index contributed by atoms with van der Waals surface area (Å²) in [5.41, 5.74) is 2.28. The quantitative estimate of drug-likeness (QED) is 0.753. The van der Waals surface area contributed by atoms with Crippen molar-refractivity contribution in [1.29, 1.82) is 0 Å². The minimum atomic E-state index is 0.383. The normalized spacial score (nSPS) is 10.5. The third-order valence-corrected chi connectivity index (χ3v) is 2.61. The topological polar surface area (TPSA) is 43.6 Å². The summed E-state index contributed by atoms with van der Waals surface area (Å²) in [6.07, 6.45) is 5.26. The van der Waals surface area contributed by atoms with E-state index in [0.717, 1.165) is 5.56 Å². The highest BCUT2D eigenvalue weighted by Crippen LogP contribution is 2.20. The fraction of sp³-hybridized carbons (Fsp3) is 0.308. The Bertz CT molecular complexity index is 531. The Morgan fingerprint density at radius 2 is 2.00 bits per heavy atom. The summed E-state index contributed by atoms with van der Waals surface area (Å²) in [6, 6.07) is 8.23. The molecule has 4 heteroatoms. The van der Waals surface area contributed by atoms with Crippen LogP contribution < -0.4 is 0 Å². The maximum Gasteiger partial charge on any atom is 0.182 e. The van der Waals surface area contributed by atoms with Gasteiger partial charge in [0.1, 0.15) is 6.54 Å². The fourth-order valence-corrected chi connectivity index (χ4v) is 1.62. The highest BCUT2D eigenvalue weighted by molar-refractivity contribution is 5.55. The van der Waals surface area contributed by atoms with Crippen LogP contribution in [0.25, 0.3) is 11.4 Å². The Hall–Kier alpha value is -2.15. The number of aromatic nitrogens is 4. The van der Waals surface area contributed by atoms with Crippen molar-refractivity contribution in [1.82, 2.24) is 20.2 Å². The van der Waals surface area contributed by atoms with Crippen LogP contribution in [0.1, 0.15) is 25.3 Å². The molecular weight excluding hydrogens is 212 g/mol. The molecule has 86 valence electrons. The van der Waals surface area contributed by atoms with E-state index in [1.807, 2.05) is 12.1 Å². The van der Waals surface area contributed by atoms with Gasteiger partial charge in [0.2, 0.25) is 0 Å². The molecule has 0 radical (unpaired) electrons. The zero-order valence-electron chi connectivity index (χ0n) is 9.96. The highest BCUT2D eigenvalue weighted by atomic mass is 15.5. The molecule has 2 rings (SSSR count). The predicted octanol–water partition coefficient (Wildman–Crippen LogP) is 2.10. The van der Waals surface area contributed by atoms with Crippen molar-refractivity contribution in [2.75, 3.05) is 0 Å². The molecule has 4 nitrogen and oxygen atoms in total. The predicted molar refractivity (Wildman–Crippen MR) is 66.2 cm³/mol. The van der Waals surface area contributed by atoms with Crippen LogP contribution in [0, 0.1) is 12.3 Å². The van der Waals surface area contributed by atoms with E-state index in [1.54, 1.807) is 4.68 Å². The molecule has 1 aromatic carbocycles. The third kappa shape index (κ3) is 2.34. The maximum absolute atomic E-state index is 5.26. The average Bonchev–Trinajstić information content (AvgIpc) is 2.78. The Morgan fingerprint density at radius 3 is 2.59 bits per heavy atom. The number of terminal acetylenes is 1. The highest BCUT2D eigenvalue weighted by Gasteiger charge is 2.08. The van der Waals surface area contributed by atoms with Gasteiger partial charge in [-0.3, -0.25) is 0 Å². The van der Waals surface area contributed by atoms with Crippen LogP contribution in [0.3, 0.4) is 0 Å². The zero-order valence-corrected chi connectivity index (χ0v) is 9.96. The third-order valence-electron chi connectivity index (χ3n) is 2.61. The summed E-state index contributed by atoms with van der Waals surface area (Å²) in [5, 5.41) is 11.5. The fourth-order valence-electron chi connectivity index (χ4n) is 1.62. The summed E-state index contributed by atoms with van der Waals surface area (Å²) >= 11 is 0. The second-order valence-corrected chi connectivity index (χ2v) is 4.14. The Morgan fingerprint density at radius 1 is 1.29 bits per heavy atom. The minimum Gasteiger partial charge on any atom is -0.213 e. The molecule has 17 heavy (non-hydrogen) atoms. The van der Waals surface area contributed by atoms with Crippen molar-refractivity contribution >= 4 is 0 Å². The molecule has 0 atom stereocenters. The Balaban J connectivity index is 2.34. The van der Waals surface area contributed by atoms with Crippen molar-refractivity contribution in [3.05, 3.63) is 29.8 Å². The second-order valence-electron chi connectivity index (χ2n) is 4.14. The molecule has 1 heterocycles. The van der Waals surface area contributed by atoms with Gasteiger partial charge in [0.05, 0.1) is 0 Å². The molecule has 0 aliphatic carbocycles. The monoisotopic (exact) mass is 226 g/mol. The first kappa shape index (κ1) is 11.3. The largest absolute Gasteiger partial charge is 0.213 e. The van der Waals surface area contributed by atoms with Gasteiger partial charge in [0.25, 0.3) is 0 Å². The van der Waals surface area contributed by atoms with E-state index in [0.29, 0.717) is 18.3 Å². The molecule has 0 spiro atoms. The number of tetrazole rings is 1. The van der Waals surface area contributed by atoms with Crippen molar-refractivity contribution in [2.24, 2.45) is 0 Å².